The standard InChI is InChI=1S/C15H22ClN3O/c1-17-15(19(2)10-12-7-8-20-11-12)18-9-13-5-3-4-6-14(13)16/h3-6,12H,7-11H2,1-2H3,(H,17,18). The Balaban J connectivity index is 1.87. The third-order valence-corrected chi connectivity index (χ3v) is 3.89. The van der Waals surface area contributed by atoms with Crippen molar-refractivity contribution in [1.29, 1.82) is 0 Å². The van der Waals surface area contributed by atoms with Crippen molar-refractivity contribution in [3.8, 4) is 0 Å². The largest absolute Gasteiger partial charge is 0.381 e. The van der Waals surface area contributed by atoms with E-state index in [0.717, 1.165) is 42.7 Å². The number of nitrogens with zero attached hydrogens (tertiary/aromatic N) is 2. The number of rotatable bonds is 4. The molecule has 1 aliphatic rings. The van der Waals surface area contributed by atoms with Crippen LogP contribution in [0.1, 0.15) is 12.0 Å². The minimum absolute atomic E-state index is 0.596. The molecule has 1 heterocycles. The third kappa shape index (κ3) is 4.12. The Kier molecular flexibility index (Phi) is 5.68. The normalized spacial score (nSPS) is 19.1. The van der Waals surface area contributed by atoms with Crippen LogP contribution in [0.3, 0.4) is 0 Å². The number of ether oxygens (including phenoxy) is 1. The summed E-state index contributed by atoms with van der Waals surface area (Å²) in [4.78, 5) is 6.47. The summed E-state index contributed by atoms with van der Waals surface area (Å²) in [7, 11) is 3.86. The van der Waals surface area contributed by atoms with Gasteiger partial charge in [0.05, 0.1) is 6.61 Å². The molecule has 0 aliphatic carbocycles. The molecule has 2 rings (SSSR count). The third-order valence-electron chi connectivity index (χ3n) is 3.52. The lowest BCUT2D eigenvalue weighted by Crippen LogP contribution is -2.41. The summed E-state index contributed by atoms with van der Waals surface area (Å²) >= 11 is 6.16. The summed E-state index contributed by atoms with van der Waals surface area (Å²) in [5, 5.41) is 4.13. The molecule has 1 atom stereocenters. The average Bonchev–Trinajstić information content (AvgIpc) is 2.94. The first-order valence-corrected chi connectivity index (χ1v) is 7.31. The van der Waals surface area contributed by atoms with Gasteiger partial charge in [-0.05, 0) is 18.1 Å². The molecule has 0 spiro atoms. The highest BCUT2D eigenvalue weighted by atomic mass is 35.5. The Morgan fingerprint density at radius 3 is 2.95 bits per heavy atom. The van der Waals surface area contributed by atoms with Crippen molar-refractivity contribution >= 4 is 17.6 Å². The Morgan fingerprint density at radius 1 is 1.50 bits per heavy atom. The van der Waals surface area contributed by atoms with Crippen molar-refractivity contribution in [2.24, 2.45) is 10.9 Å². The van der Waals surface area contributed by atoms with E-state index in [-0.39, 0.29) is 0 Å². The minimum Gasteiger partial charge on any atom is -0.381 e. The van der Waals surface area contributed by atoms with Crippen LogP contribution in [0.5, 0.6) is 0 Å². The minimum atomic E-state index is 0.596. The molecule has 1 unspecified atom stereocenters. The van der Waals surface area contributed by atoms with Crippen molar-refractivity contribution in [2.45, 2.75) is 13.0 Å². The van der Waals surface area contributed by atoms with Crippen LogP contribution >= 0.6 is 11.6 Å². The van der Waals surface area contributed by atoms with Gasteiger partial charge in [0.25, 0.3) is 0 Å². The van der Waals surface area contributed by atoms with Crippen molar-refractivity contribution in [3.63, 3.8) is 0 Å². The van der Waals surface area contributed by atoms with Gasteiger partial charge in [0.2, 0.25) is 0 Å². The predicted octanol–water partition coefficient (Wildman–Crippen LogP) is 2.38. The molecule has 0 bridgehead atoms. The molecule has 0 amide bonds. The van der Waals surface area contributed by atoms with Crippen LogP contribution in [0, 0.1) is 5.92 Å². The molecule has 110 valence electrons. The van der Waals surface area contributed by atoms with Gasteiger partial charge in [0.1, 0.15) is 0 Å². The van der Waals surface area contributed by atoms with Gasteiger partial charge in [0, 0.05) is 44.7 Å². The van der Waals surface area contributed by atoms with Gasteiger partial charge in [-0.3, -0.25) is 4.99 Å². The van der Waals surface area contributed by atoms with Crippen molar-refractivity contribution in [3.05, 3.63) is 34.9 Å². The summed E-state index contributed by atoms with van der Waals surface area (Å²) in [6.07, 6.45) is 1.13. The van der Waals surface area contributed by atoms with Crippen molar-refractivity contribution in [2.75, 3.05) is 33.9 Å². The maximum atomic E-state index is 6.16. The monoisotopic (exact) mass is 295 g/mol. The van der Waals surface area contributed by atoms with Gasteiger partial charge in [-0.1, -0.05) is 29.8 Å². The molecule has 4 nitrogen and oxygen atoms in total. The van der Waals surface area contributed by atoms with Crippen molar-refractivity contribution < 1.29 is 4.74 Å². The molecule has 1 fully saturated rings. The van der Waals surface area contributed by atoms with E-state index in [1.54, 1.807) is 7.05 Å². The first-order chi connectivity index (χ1) is 9.70. The van der Waals surface area contributed by atoms with Crippen LogP contribution in [0.4, 0.5) is 0 Å². The molecule has 20 heavy (non-hydrogen) atoms. The number of benzene rings is 1. The van der Waals surface area contributed by atoms with Crippen LogP contribution < -0.4 is 5.32 Å². The van der Waals surface area contributed by atoms with Gasteiger partial charge in [-0.25, -0.2) is 0 Å². The van der Waals surface area contributed by atoms with E-state index >= 15 is 0 Å². The summed E-state index contributed by atoms with van der Waals surface area (Å²) in [6, 6.07) is 7.85. The highest BCUT2D eigenvalue weighted by Gasteiger charge is 2.19. The Morgan fingerprint density at radius 2 is 2.30 bits per heavy atom. The van der Waals surface area contributed by atoms with Crippen LogP contribution in [0.15, 0.2) is 29.3 Å². The van der Waals surface area contributed by atoms with E-state index in [1.807, 2.05) is 24.3 Å². The average molecular weight is 296 g/mol. The molecule has 5 heteroatoms. The molecule has 0 saturated carbocycles. The van der Waals surface area contributed by atoms with E-state index in [4.69, 9.17) is 16.3 Å². The summed E-state index contributed by atoms with van der Waals surface area (Å²) in [5.41, 5.74) is 1.08. The summed E-state index contributed by atoms with van der Waals surface area (Å²) in [5.74, 6) is 1.48. The SMILES string of the molecule is CN=C(NCc1ccccc1Cl)N(C)CC1CCOC1. The molecular weight excluding hydrogens is 274 g/mol. The van der Waals surface area contributed by atoms with E-state index in [1.165, 1.54) is 0 Å². The van der Waals surface area contributed by atoms with Crippen LogP contribution in [0.25, 0.3) is 0 Å². The van der Waals surface area contributed by atoms with Gasteiger partial charge >= 0.3 is 0 Å². The number of guanidine groups is 1. The lowest BCUT2D eigenvalue weighted by atomic mass is 10.1. The fourth-order valence-corrected chi connectivity index (χ4v) is 2.60. The molecular formula is C15H22ClN3O. The van der Waals surface area contributed by atoms with E-state index < -0.39 is 0 Å². The highest BCUT2D eigenvalue weighted by molar-refractivity contribution is 6.31. The highest BCUT2D eigenvalue weighted by Crippen LogP contribution is 2.15. The Bertz CT molecular complexity index is 458. The lowest BCUT2D eigenvalue weighted by Gasteiger charge is -2.24. The zero-order chi connectivity index (χ0) is 14.4. The van der Waals surface area contributed by atoms with E-state index in [2.05, 4.69) is 22.3 Å². The van der Waals surface area contributed by atoms with E-state index in [0.29, 0.717) is 12.5 Å². The predicted molar refractivity (Wildman–Crippen MR) is 83.2 cm³/mol. The van der Waals surface area contributed by atoms with Gasteiger partial charge < -0.3 is 15.0 Å². The summed E-state index contributed by atoms with van der Waals surface area (Å²) in [6.45, 7) is 3.37. The molecule has 1 aliphatic heterocycles. The molecule has 1 aromatic carbocycles. The van der Waals surface area contributed by atoms with Crippen molar-refractivity contribution in [1.82, 2.24) is 10.2 Å². The lowest BCUT2D eigenvalue weighted by molar-refractivity contribution is 0.181. The zero-order valence-corrected chi connectivity index (χ0v) is 12.9. The Hall–Kier alpha value is -1.26. The fraction of sp³-hybridized carbons (Fsp3) is 0.533. The quantitative estimate of drug-likeness (QED) is 0.684. The molecule has 1 N–H and O–H groups in total. The number of hydrogen-bond donors (Lipinski definition) is 1. The maximum Gasteiger partial charge on any atom is 0.193 e. The van der Waals surface area contributed by atoms with Gasteiger partial charge in [-0.15, -0.1) is 0 Å². The van der Waals surface area contributed by atoms with Gasteiger partial charge in [-0.2, -0.15) is 0 Å². The first-order valence-electron chi connectivity index (χ1n) is 6.93. The first kappa shape index (κ1) is 15.1. The fourth-order valence-electron chi connectivity index (χ4n) is 2.40. The summed E-state index contributed by atoms with van der Waals surface area (Å²) < 4.78 is 5.41. The molecule has 0 aromatic heterocycles. The van der Waals surface area contributed by atoms with Crippen LogP contribution in [-0.2, 0) is 11.3 Å². The smallest absolute Gasteiger partial charge is 0.193 e. The number of hydrogen-bond acceptors (Lipinski definition) is 2. The second kappa shape index (κ2) is 7.50. The van der Waals surface area contributed by atoms with Gasteiger partial charge in [0.15, 0.2) is 5.96 Å². The van der Waals surface area contributed by atoms with Crippen LogP contribution in [0.2, 0.25) is 5.02 Å². The number of aliphatic imine (C=N–C) groups is 1. The molecule has 0 radical (unpaired) electrons. The van der Waals surface area contributed by atoms with E-state index in [9.17, 15) is 0 Å². The second-order valence-electron chi connectivity index (χ2n) is 5.10. The number of nitrogens with one attached hydrogen (secondary N) is 1. The topological polar surface area (TPSA) is 36.9 Å². The second-order valence-corrected chi connectivity index (χ2v) is 5.51. The van der Waals surface area contributed by atoms with Crippen LogP contribution in [-0.4, -0.2) is 44.7 Å². The maximum absolute atomic E-state index is 6.16. The molecule has 1 aromatic rings. The Labute approximate surface area is 125 Å². The zero-order valence-electron chi connectivity index (χ0n) is 12.1. The molecule has 1 saturated heterocycles. The number of halogens is 1.